The van der Waals surface area contributed by atoms with Crippen LogP contribution in [0.5, 0.6) is 5.75 Å². The molecule has 0 saturated carbocycles. The molecule has 0 fully saturated rings. The molecular formula is C20H19FN4O2. The Hall–Kier alpha value is -3.48. The summed E-state index contributed by atoms with van der Waals surface area (Å²) in [4.78, 5) is 20.5. The van der Waals surface area contributed by atoms with Gasteiger partial charge in [0.2, 0.25) is 0 Å². The van der Waals surface area contributed by atoms with E-state index in [9.17, 15) is 9.18 Å². The predicted molar refractivity (Wildman–Crippen MR) is 102 cm³/mol. The van der Waals surface area contributed by atoms with Gasteiger partial charge in [-0.3, -0.25) is 4.79 Å². The second kappa shape index (κ2) is 8.27. The molecule has 1 aromatic heterocycles. The SMILES string of the molecule is CC(C)Oc1ccccc1Nc1cnc(C(=O)Nc2cccc(F)c2)cn1. The van der Waals surface area contributed by atoms with E-state index in [1.54, 1.807) is 6.07 Å². The van der Waals surface area contributed by atoms with Gasteiger partial charge in [-0.15, -0.1) is 0 Å². The highest BCUT2D eigenvalue weighted by Crippen LogP contribution is 2.27. The van der Waals surface area contributed by atoms with Gasteiger partial charge in [0.15, 0.2) is 0 Å². The first-order valence-electron chi connectivity index (χ1n) is 8.43. The second-order valence-corrected chi connectivity index (χ2v) is 6.04. The number of ether oxygens (including phenoxy) is 1. The Morgan fingerprint density at radius 1 is 1.07 bits per heavy atom. The number of nitrogens with one attached hydrogen (secondary N) is 2. The molecule has 138 valence electrons. The van der Waals surface area contributed by atoms with Crippen molar-refractivity contribution in [2.75, 3.05) is 10.6 Å². The lowest BCUT2D eigenvalue weighted by Crippen LogP contribution is -2.14. The summed E-state index contributed by atoms with van der Waals surface area (Å²) in [7, 11) is 0. The summed E-state index contributed by atoms with van der Waals surface area (Å²) < 4.78 is 18.9. The number of hydrogen-bond donors (Lipinski definition) is 2. The highest BCUT2D eigenvalue weighted by molar-refractivity contribution is 6.02. The number of aromatic nitrogens is 2. The summed E-state index contributed by atoms with van der Waals surface area (Å²) >= 11 is 0. The van der Waals surface area contributed by atoms with Crippen LogP contribution in [0.1, 0.15) is 24.3 Å². The van der Waals surface area contributed by atoms with Crippen molar-refractivity contribution >= 4 is 23.1 Å². The lowest BCUT2D eigenvalue weighted by atomic mass is 10.3. The molecule has 1 amide bonds. The Morgan fingerprint density at radius 2 is 1.89 bits per heavy atom. The van der Waals surface area contributed by atoms with Crippen LogP contribution in [0.15, 0.2) is 60.9 Å². The summed E-state index contributed by atoms with van der Waals surface area (Å²) in [6, 6.07) is 13.1. The van der Waals surface area contributed by atoms with E-state index in [1.807, 2.05) is 38.1 Å². The number of para-hydroxylation sites is 2. The van der Waals surface area contributed by atoms with Gasteiger partial charge in [-0.05, 0) is 44.2 Å². The number of amides is 1. The number of benzene rings is 2. The smallest absolute Gasteiger partial charge is 0.275 e. The van der Waals surface area contributed by atoms with Gasteiger partial charge >= 0.3 is 0 Å². The van der Waals surface area contributed by atoms with Gasteiger partial charge in [0.1, 0.15) is 23.1 Å². The summed E-state index contributed by atoms with van der Waals surface area (Å²) in [6.07, 6.45) is 2.84. The fraction of sp³-hybridized carbons (Fsp3) is 0.150. The molecule has 7 heteroatoms. The first-order chi connectivity index (χ1) is 13.0. The van der Waals surface area contributed by atoms with Crippen molar-refractivity contribution < 1.29 is 13.9 Å². The molecule has 0 aliphatic heterocycles. The molecule has 0 saturated heterocycles. The summed E-state index contributed by atoms with van der Waals surface area (Å²) in [5.74, 6) is 0.267. The van der Waals surface area contributed by atoms with Crippen molar-refractivity contribution in [3.05, 3.63) is 72.4 Å². The fourth-order valence-electron chi connectivity index (χ4n) is 2.34. The van der Waals surface area contributed by atoms with E-state index >= 15 is 0 Å². The van der Waals surface area contributed by atoms with E-state index in [2.05, 4.69) is 20.6 Å². The Bertz CT molecular complexity index is 929. The van der Waals surface area contributed by atoms with Crippen LogP contribution in [0.3, 0.4) is 0 Å². The van der Waals surface area contributed by atoms with Crippen LogP contribution in [0.2, 0.25) is 0 Å². The molecule has 0 unspecified atom stereocenters. The predicted octanol–water partition coefficient (Wildman–Crippen LogP) is 4.40. The van der Waals surface area contributed by atoms with E-state index in [1.165, 1.54) is 30.6 Å². The largest absolute Gasteiger partial charge is 0.489 e. The molecule has 0 bridgehead atoms. The molecule has 0 aliphatic rings. The number of halogens is 1. The quantitative estimate of drug-likeness (QED) is 0.676. The summed E-state index contributed by atoms with van der Waals surface area (Å²) in [6.45, 7) is 3.89. The van der Waals surface area contributed by atoms with Crippen LogP contribution in [-0.2, 0) is 0 Å². The molecule has 6 nitrogen and oxygen atoms in total. The maximum atomic E-state index is 13.2. The zero-order valence-electron chi connectivity index (χ0n) is 14.9. The Balaban J connectivity index is 1.70. The number of carbonyl (C=O) groups excluding carboxylic acids is 1. The van der Waals surface area contributed by atoms with Crippen LogP contribution in [-0.4, -0.2) is 22.0 Å². The van der Waals surface area contributed by atoms with Gasteiger partial charge in [0, 0.05) is 5.69 Å². The maximum absolute atomic E-state index is 13.2. The first kappa shape index (κ1) is 18.3. The van der Waals surface area contributed by atoms with Crippen LogP contribution < -0.4 is 15.4 Å². The summed E-state index contributed by atoms with van der Waals surface area (Å²) in [5.41, 5.74) is 1.22. The van der Waals surface area contributed by atoms with E-state index in [0.717, 1.165) is 5.69 Å². The Kier molecular flexibility index (Phi) is 5.61. The second-order valence-electron chi connectivity index (χ2n) is 6.04. The minimum absolute atomic E-state index is 0.0351. The first-order valence-corrected chi connectivity index (χ1v) is 8.43. The van der Waals surface area contributed by atoms with Crippen LogP contribution in [0.25, 0.3) is 0 Å². The molecule has 3 rings (SSSR count). The van der Waals surface area contributed by atoms with Gasteiger partial charge in [0.05, 0.1) is 24.2 Å². The van der Waals surface area contributed by atoms with Crippen molar-refractivity contribution in [3.8, 4) is 5.75 Å². The fourth-order valence-corrected chi connectivity index (χ4v) is 2.34. The number of carbonyl (C=O) groups is 1. The van der Waals surface area contributed by atoms with Crippen LogP contribution in [0, 0.1) is 5.82 Å². The standard InChI is InChI=1S/C20H19FN4O2/c1-13(2)27-18-9-4-3-8-16(18)25-19-12-22-17(11-23-19)20(26)24-15-7-5-6-14(21)10-15/h3-13H,1-2H3,(H,23,25)(H,24,26). The number of hydrogen-bond acceptors (Lipinski definition) is 5. The van der Waals surface area contributed by atoms with Crippen molar-refractivity contribution in [1.29, 1.82) is 0 Å². The topological polar surface area (TPSA) is 76.1 Å². The third-order valence-corrected chi connectivity index (χ3v) is 3.48. The third kappa shape index (κ3) is 5.01. The highest BCUT2D eigenvalue weighted by atomic mass is 19.1. The van der Waals surface area contributed by atoms with Crippen molar-refractivity contribution in [1.82, 2.24) is 9.97 Å². The van der Waals surface area contributed by atoms with E-state index in [-0.39, 0.29) is 11.8 Å². The molecule has 0 atom stereocenters. The van der Waals surface area contributed by atoms with Gasteiger partial charge in [-0.25, -0.2) is 14.4 Å². The molecule has 3 aromatic rings. The van der Waals surface area contributed by atoms with Gasteiger partial charge in [-0.2, -0.15) is 0 Å². The van der Waals surface area contributed by atoms with Gasteiger partial charge in [-0.1, -0.05) is 18.2 Å². The molecule has 2 N–H and O–H groups in total. The van der Waals surface area contributed by atoms with E-state index in [4.69, 9.17) is 4.74 Å². The third-order valence-electron chi connectivity index (χ3n) is 3.48. The van der Waals surface area contributed by atoms with Crippen LogP contribution >= 0.6 is 0 Å². The number of rotatable bonds is 6. The van der Waals surface area contributed by atoms with Crippen molar-refractivity contribution in [2.45, 2.75) is 20.0 Å². The van der Waals surface area contributed by atoms with Crippen molar-refractivity contribution in [3.63, 3.8) is 0 Å². The van der Waals surface area contributed by atoms with E-state index < -0.39 is 11.7 Å². The maximum Gasteiger partial charge on any atom is 0.275 e. The molecule has 0 radical (unpaired) electrons. The molecule has 1 heterocycles. The number of anilines is 3. The minimum atomic E-state index is -0.469. The van der Waals surface area contributed by atoms with Gasteiger partial charge < -0.3 is 15.4 Å². The zero-order chi connectivity index (χ0) is 19.2. The number of nitrogens with zero attached hydrogens (tertiary/aromatic N) is 2. The molecule has 0 aliphatic carbocycles. The lowest BCUT2D eigenvalue weighted by Gasteiger charge is -2.15. The molecular weight excluding hydrogens is 347 g/mol. The van der Waals surface area contributed by atoms with Crippen molar-refractivity contribution in [2.24, 2.45) is 0 Å². The average molecular weight is 366 g/mol. The highest BCUT2D eigenvalue weighted by Gasteiger charge is 2.10. The molecule has 0 spiro atoms. The molecule has 27 heavy (non-hydrogen) atoms. The Labute approximate surface area is 156 Å². The minimum Gasteiger partial charge on any atom is -0.489 e. The van der Waals surface area contributed by atoms with E-state index in [0.29, 0.717) is 17.3 Å². The lowest BCUT2D eigenvalue weighted by molar-refractivity contribution is 0.102. The van der Waals surface area contributed by atoms with Crippen LogP contribution in [0.4, 0.5) is 21.6 Å². The zero-order valence-corrected chi connectivity index (χ0v) is 14.9. The average Bonchev–Trinajstić information content (AvgIpc) is 2.63. The Morgan fingerprint density at radius 3 is 2.59 bits per heavy atom. The normalized spacial score (nSPS) is 10.5. The summed E-state index contributed by atoms with van der Waals surface area (Å²) in [5, 5.41) is 5.70. The molecule has 2 aromatic carbocycles. The van der Waals surface area contributed by atoms with Gasteiger partial charge in [0.25, 0.3) is 5.91 Å². The monoisotopic (exact) mass is 366 g/mol.